The second-order valence-corrected chi connectivity index (χ2v) is 7.63. The van der Waals surface area contributed by atoms with E-state index in [1.165, 1.54) is 0 Å². The molecule has 3 aromatic rings. The maximum atomic E-state index is 13.2. The number of aromatic hydroxyl groups is 1. The van der Waals surface area contributed by atoms with Crippen LogP contribution in [-0.4, -0.2) is 46.4 Å². The van der Waals surface area contributed by atoms with Gasteiger partial charge in [-0.3, -0.25) is 9.89 Å². The number of nitrogens with one attached hydrogen (secondary N) is 1. The number of ether oxygens (including phenoxy) is 2. The van der Waals surface area contributed by atoms with Crippen LogP contribution in [0.15, 0.2) is 36.4 Å². The van der Waals surface area contributed by atoms with Gasteiger partial charge in [0.25, 0.3) is 5.91 Å². The van der Waals surface area contributed by atoms with E-state index in [4.69, 9.17) is 9.47 Å². The molecule has 0 radical (unpaired) electrons. The molecule has 7 nitrogen and oxygen atoms in total. The van der Waals surface area contributed by atoms with E-state index in [2.05, 4.69) is 10.2 Å². The second kappa shape index (κ2) is 8.34. The number of phenolic OH excluding ortho intramolecular Hbond substituents is 1. The van der Waals surface area contributed by atoms with Crippen molar-refractivity contribution < 1.29 is 19.4 Å². The number of hydrogen-bond donors (Lipinski definition) is 2. The highest BCUT2D eigenvalue weighted by molar-refractivity contribution is 6.00. The van der Waals surface area contributed by atoms with E-state index in [0.717, 1.165) is 23.1 Å². The number of nitrogens with zero attached hydrogens (tertiary/aromatic N) is 2. The van der Waals surface area contributed by atoms with E-state index >= 15 is 0 Å². The third-order valence-corrected chi connectivity index (χ3v) is 5.54. The number of H-pyrrole nitrogens is 1. The van der Waals surface area contributed by atoms with E-state index in [9.17, 15) is 9.90 Å². The number of phenols is 1. The van der Waals surface area contributed by atoms with Crippen LogP contribution in [-0.2, 0) is 0 Å². The minimum Gasteiger partial charge on any atom is -0.507 e. The number of carbonyl (C=O) groups excluding carboxylic acids is 1. The van der Waals surface area contributed by atoms with Crippen LogP contribution in [0.1, 0.15) is 53.5 Å². The molecule has 4 rings (SSSR count). The first-order chi connectivity index (χ1) is 15.0. The van der Waals surface area contributed by atoms with Crippen LogP contribution in [0.2, 0.25) is 0 Å². The number of carbonyl (C=O) groups is 1. The van der Waals surface area contributed by atoms with Gasteiger partial charge in [0.1, 0.15) is 17.1 Å². The molecule has 2 heterocycles. The van der Waals surface area contributed by atoms with Crippen LogP contribution in [0.3, 0.4) is 0 Å². The predicted molar refractivity (Wildman–Crippen MR) is 118 cm³/mol. The van der Waals surface area contributed by atoms with Gasteiger partial charge in [-0.1, -0.05) is 24.6 Å². The van der Waals surface area contributed by atoms with Crippen molar-refractivity contribution in [1.29, 1.82) is 0 Å². The third-order valence-electron chi connectivity index (χ3n) is 5.54. The summed E-state index contributed by atoms with van der Waals surface area (Å²) < 4.78 is 11.2. The van der Waals surface area contributed by atoms with Crippen molar-refractivity contribution in [3.05, 3.63) is 58.8 Å². The van der Waals surface area contributed by atoms with Crippen molar-refractivity contribution in [3.63, 3.8) is 0 Å². The quantitative estimate of drug-likeness (QED) is 0.588. The molecule has 0 fully saturated rings. The minimum absolute atomic E-state index is 0.0967. The molecule has 7 heteroatoms. The first-order valence-corrected chi connectivity index (χ1v) is 10.5. The topological polar surface area (TPSA) is 87.7 Å². The molecule has 0 aliphatic carbocycles. The third kappa shape index (κ3) is 3.50. The average molecular weight is 421 g/mol. The maximum absolute atomic E-state index is 13.2. The lowest BCUT2D eigenvalue weighted by Gasteiger charge is -2.26. The Morgan fingerprint density at radius 1 is 1.16 bits per heavy atom. The van der Waals surface area contributed by atoms with E-state index in [1.807, 2.05) is 56.0 Å². The van der Waals surface area contributed by atoms with Crippen molar-refractivity contribution in [1.82, 2.24) is 15.1 Å². The van der Waals surface area contributed by atoms with Gasteiger partial charge in [0.2, 0.25) is 0 Å². The summed E-state index contributed by atoms with van der Waals surface area (Å²) >= 11 is 0. The number of aryl methyl sites for hydroxylation is 1. The number of hydrogen-bond acceptors (Lipinski definition) is 5. The summed E-state index contributed by atoms with van der Waals surface area (Å²) in [4.78, 5) is 15.1. The monoisotopic (exact) mass is 421 g/mol. The molecule has 0 spiro atoms. The Kier molecular flexibility index (Phi) is 5.59. The zero-order valence-electron chi connectivity index (χ0n) is 18.2. The lowest BCUT2D eigenvalue weighted by molar-refractivity contribution is 0.0743. The van der Waals surface area contributed by atoms with Crippen molar-refractivity contribution >= 4 is 5.91 Å². The Balaban J connectivity index is 1.90. The van der Waals surface area contributed by atoms with Gasteiger partial charge in [-0.2, -0.15) is 5.10 Å². The van der Waals surface area contributed by atoms with Gasteiger partial charge in [0, 0.05) is 17.7 Å². The standard InChI is InChI=1S/C24H27N3O4/c1-5-11-27-23(15-8-10-18(31-6-2)19(13-15)30-4)20-21(25-26-22(20)24(27)29)16-12-14(3)7-9-17(16)28/h7-10,12-13,23,28H,5-6,11H2,1-4H3,(H,25,26)/t23-/m1/s1. The number of aromatic nitrogens is 2. The highest BCUT2D eigenvalue weighted by atomic mass is 16.5. The molecule has 2 N–H and O–H groups in total. The van der Waals surface area contributed by atoms with Gasteiger partial charge in [0.15, 0.2) is 11.5 Å². The van der Waals surface area contributed by atoms with E-state index in [-0.39, 0.29) is 17.7 Å². The summed E-state index contributed by atoms with van der Waals surface area (Å²) in [5, 5.41) is 17.9. The number of methoxy groups -OCH3 is 1. The van der Waals surface area contributed by atoms with Crippen LogP contribution in [0.25, 0.3) is 11.3 Å². The van der Waals surface area contributed by atoms with Gasteiger partial charge in [0.05, 0.1) is 19.8 Å². The molecule has 31 heavy (non-hydrogen) atoms. The van der Waals surface area contributed by atoms with Crippen LogP contribution < -0.4 is 9.47 Å². The number of rotatable bonds is 7. The first kappa shape index (κ1) is 20.8. The SMILES string of the molecule is CCCN1C(=O)c2[nH]nc(-c3cc(C)ccc3O)c2[C@H]1c1ccc(OCC)c(OC)c1. The summed E-state index contributed by atoms with van der Waals surface area (Å²) in [5.41, 5.74) is 4.31. The van der Waals surface area contributed by atoms with Crippen LogP contribution in [0, 0.1) is 6.92 Å². The lowest BCUT2D eigenvalue weighted by Crippen LogP contribution is -2.30. The summed E-state index contributed by atoms with van der Waals surface area (Å²) in [6.45, 7) is 7.05. The Morgan fingerprint density at radius 3 is 2.68 bits per heavy atom. The number of aromatic amines is 1. The first-order valence-electron chi connectivity index (χ1n) is 10.5. The fourth-order valence-electron chi connectivity index (χ4n) is 4.19. The summed E-state index contributed by atoms with van der Waals surface area (Å²) in [6.07, 6.45) is 0.819. The molecule has 1 atom stereocenters. The van der Waals surface area contributed by atoms with Gasteiger partial charge >= 0.3 is 0 Å². The Labute approximate surface area is 181 Å². The molecule has 0 saturated heterocycles. The molecule has 1 aliphatic heterocycles. The molecule has 0 bridgehead atoms. The molecule has 2 aromatic carbocycles. The summed E-state index contributed by atoms with van der Waals surface area (Å²) in [7, 11) is 1.60. The molecular weight excluding hydrogens is 394 g/mol. The largest absolute Gasteiger partial charge is 0.507 e. The zero-order chi connectivity index (χ0) is 22.1. The molecule has 0 unspecified atom stereocenters. The van der Waals surface area contributed by atoms with Gasteiger partial charge in [-0.15, -0.1) is 0 Å². The van der Waals surface area contributed by atoms with Crippen molar-refractivity contribution in [2.24, 2.45) is 0 Å². The van der Waals surface area contributed by atoms with Crippen molar-refractivity contribution in [2.75, 3.05) is 20.3 Å². The highest BCUT2D eigenvalue weighted by Gasteiger charge is 2.42. The Morgan fingerprint density at radius 2 is 1.97 bits per heavy atom. The van der Waals surface area contributed by atoms with Gasteiger partial charge in [-0.05, 0) is 50.1 Å². The van der Waals surface area contributed by atoms with Crippen LogP contribution in [0.4, 0.5) is 0 Å². The zero-order valence-corrected chi connectivity index (χ0v) is 18.2. The maximum Gasteiger partial charge on any atom is 0.273 e. The Hall–Kier alpha value is -3.48. The fourth-order valence-corrected chi connectivity index (χ4v) is 4.19. The normalized spacial score (nSPS) is 15.3. The van der Waals surface area contributed by atoms with Crippen LogP contribution in [0.5, 0.6) is 17.2 Å². The molecule has 1 aliphatic rings. The summed E-state index contributed by atoms with van der Waals surface area (Å²) in [5.74, 6) is 1.30. The molecule has 1 aromatic heterocycles. The fraction of sp³-hybridized carbons (Fsp3) is 0.333. The minimum atomic E-state index is -0.347. The Bertz CT molecular complexity index is 1120. The van der Waals surface area contributed by atoms with Crippen LogP contribution >= 0.6 is 0 Å². The van der Waals surface area contributed by atoms with E-state index < -0.39 is 0 Å². The smallest absolute Gasteiger partial charge is 0.273 e. The molecule has 162 valence electrons. The van der Waals surface area contributed by atoms with Gasteiger partial charge < -0.3 is 19.5 Å². The second-order valence-electron chi connectivity index (χ2n) is 7.63. The lowest BCUT2D eigenvalue weighted by atomic mass is 9.94. The number of amides is 1. The average Bonchev–Trinajstić information content (AvgIpc) is 3.30. The van der Waals surface area contributed by atoms with Crippen molar-refractivity contribution in [3.8, 4) is 28.5 Å². The summed E-state index contributed by atoms with van der Waals surface area (Å²) in [6, 6.07) is 10.8. The molecule has 1 amide bonds. The predicted octanol–water partition coefficient (Wildman–Crippen LogP) is 4.45. The van der Waals surface area contributed by atoms with Crippen molar-refractivity contribution in [2.45, 2.75) is 33.2 Å². The molecule has 0 saturated carbocycles. The number of benzene rings is 2. The van der Waals surface area contributed by atoms with E-state index in [1.54, 1.807) is 13.2 Å². The van der Waals surface area contributed by atoms with Gasteiger partial charge in [-0.25, -0.2) is 0 Å². The number of fused-ring (bicyclic) bond motifs is 1. The van der Waals surface area contributed by atoms with E-state index in [0.29, 0.717) is 41.6 Å². The highest BCUT2D eigenvalue weighted by Crippen LogP contribution is 2.46. The molecular formula is C24H27N3O4.